The number of esters is 1. The molecule has 33 heavy (non-hydrogen) atoms. The van der Waals surface area contributed by atoms with E-state index in [1.54, 1.807) is 30.5 Å². The number of carbonyl (C=O) groups is 2. The number of benzene rings is 2. The minimum atomic E-state index is -0.744. The first-order valence-corrected chi connectivity index (χ1v) is 10.3. The zero-order chi connectivity index (χ0) is 23.8. The SMILES string of the molecule is COC(=O)CC(NC(=O)c1cccn(Cc2ccccc2)c1=O)c1ccc(OC)c(OC)c1. The van der Waals surface area contributed by atoms with Crippen LogP contribution in [0.3, 0.4) is 0 Å². The number of methoxy groups -OCH3 is 3. The third-order valence-corrected chi connectivity index (χ3v) is 5.17. The van der Waals surface area contributed by atoms with Crippen molar-refractivity contribution < 1.29 is 23.8 Å². The Morgan fingerprint density at radius 3 is 2.33 bits per heavy atom. The molecule has 1 aromatic heterocycles. The quantitative estimate of drug-likeness (QED) is 0.504. The van der Waals surface area contributed by atoms with Crippen LogP contribution in [0.5, 0.6) is 11.5 Å². The standard InChI is InChI=1S/C25H26N2O6/c1-31-21-12-11-18(14-22(21)32-2)20(15-23(28)33-3)26-24(29)19-10-7-13-27(25(19)30)16-17-8-5-4-6-9-17/h4-14,20H,15-16H2,1-3H3,(H,26,29). The summed E-state index contributed by atoms with van der Waals surface area (Å²) in [6.07, 6.45) is 1.51. The van der Waals surface area contributed by atoms with Crippen LogP contribution in [-0.2, 0) is 16.1 Å². The van der Waals surface area contributed by atoms with Crippen molar-refractivity contribution in [3.63, 3.8) is 0 Å². The van der Waals surface area contributed by atoms with Gasteiger partial charge < -0.3 is 24.1 Å². The van der Waals surface area contributed by atoms with E-state index in [2.05, 4.69) is 5.32 Å². The number of aromatic nitrogens is 1. The lowest BCUT2D eigenvalue weighted by Crippen LogP contribution is -2.36. The molecule has 0 fully saturated rings. The number of hydrogen-bond donors (Lipinski definition) is 1. The minimum absolute atomic E-state index is 0.0243. The molecule has 0 saturated carbocycles. The molecular weight excluding hydrogens is 424 g/mol. The summed E-state index contributed by atoms with van der Waals surface area (Å²) in [6.45, 7) is 0.335. The van der Waals surface area contributed by atoms with E-state index in [0.29, 0.717) is 23.6 Å². The molecule has 0 bridgehead atoms. The van der Waals surface area contributed by atoms with Gasteiger partial charge in [-0.25, -0.2) is 0 Å². The number of nitrogens with zero attached hydrogens (tertiary/aromatic N) is 1. The van der Waals surface area contributed by atoms with Gasteiger partial charge in [-0.1, -0.05) is 36.4 Å². The monoisotopic (exact) mass is 450 g/mol. The third-order valence-electron chi connectivity index (χ3n) is 5.17. The Labute approximate surface area is 191 Å². The lowest BCUT2D eigenvalue weighted by Gasteiger charge is -2.20. The maximum atomic E-state index is 13.1. The van der Waals surface area contributed by atoms with Gasteiger partial charge in [-0.2, -0.15) is 0 Å². The second-order valence-electron chi connectivity index (χ2n) is 7.26. The van der Waals surface area contributed by atoms with Gasteiger partial charge in [0.25, 0.3) is 11.5 Å². The molecule has 3 aromatic rings. The van der Waals surface area contributed by atoms with Gasteiger partial charge in [0.1, 0.15) is 5.56 Å². The van der Waals surface area contributed by atoms with Crippen molar-refractivity contribution in [2.45, 2.75) is 19.0 Å². The molecule has 3 rings (SSSR count). The first-order valence-electron chi connectivity index (χ1n) is 10.3. The molecule has 0 aliphatic rings. The zero-order valence-corrected chi connectivity index (χ0v) is 18.7. The van der Waals surface area contributed by atoms with E-state index in [4.69, 9.17) is 14.2 Å². The van der Waals surface area contributed by atoms with Crippen molar-refractivity contribution >= 4 is 11.9 Å². The van der Waals surface area contributed by atoms with Gasteiger partial charge in [0, 0.05) is 6.20 Å². The van der Waals surface area contributed by atoms with Crippen LogP contribution in [0.15, 0.2) is 71.7 Å². The molecule has 0 spiro atoms. The fraction of sp³-hybridized carbons (Fsp3) is 0.240. The third kappa shape index (κ3) is 5.79. The van der Waals surface area contributed by atoms with E-state index in [0.717, 1.165) is 5.56 Å². The highest BCUT2D eigenvalue weighted by Gasteiger charge is 2.23. The summed E-state index contributed by atoms with van der Waals surface area (Å²) in [5.74, 6) is -0.143. The maximum absolute atomic E-state index is 13.1. The number of rotatable bonds is 9. The normalized spacial score (nSPS) is 11.4. The summed E-state index contributed by atoms with van der Waals surface area (Å²) in [7, 11) is 4.28. The van der Waals surface area contributed by atoms with Crippen molar-refractivity contribution in [3.05, 3.63) is 93.9 Å². The lowest BCUT2D eigenvalue weighted by molar-refractivity contribution is -0.141. The summed E-state index contributed by atoms with van der Waals surface area (Å²) < 4.78 is 16.8. The Hall–Kier alpha value is -4.07. The van der Waals surface area contributed by atoms with E-state index in [1.165, 1.54) is 32.0 Å². The number of ether oxygens (including phenoxy) is 3. The molecule has 1 amide bonds. The summed E-state index contributed by atoms with van der Waals surface area (Å²) in [5.41, 5.74) is 1.09. The van der Waals surface area contributed by atoms with Crippen molar-refractivity contribution in [2.24, 2.45) is 0 Å². The molecule has 8 nitrogen and oxygen atoms in total. The van der Waals surface area contributed by atoms with Crippen molar-refractivity contribution in [1.29, 1.82) is 0 Å². The predicted molar refractivity (Wildman–Crippen MR) is 123 cm³/mol. The second-order valence-corrected chi connectivity index (χ2v) is 7.26. The number of carbonyl (C=O) groups excluding carboxylic acids is 2. The van der Waals surface area contributed by atoms with Crippen LogP contribution < -0.4 is 20.3 Å². The van der Waals surface area contributed by atoms with Gasteiger partial charge in [0.2, 0.25) is 0 Å². The molecule has 1 N–H and O–H groups in total. The van der Waals surface area contributed by atoms with Crippen LogP contribution in [0.4, 0.5) is 0 Å². The smallest absolute Gasteiger partial charge is 0.307 e. The zero-order valence-electron chi connectivity index (χ0n) is 18.7. The summed E-state index contributed by atoms with van der Waals surface area (Å²) in [6, 6.07) is 16.9. The van der Waals surface area contributed by atoms with Crippen LogP contribution in [0.25, 0.3) is 0 Å². The largest absolute Gasteiger partial charge is 0.493 e. The van der Waals surface area contributed by atoms with Gasteiger partial charge >= 0.3 is 5.97 Å². The van der Waals surface area contributed by atoms with E-state index >= 15 is 0 Å². The number of hydrogen-bond acceptors (Lipinski definition) is 6. The molecule has 1 unspecified atom stereocenters. The summed E-state index contributed by atoms with van der Waals surface area (Å²) >= 11 is 0. The second kappa shape index (κ2) is 11.0. The Morgan fingerprint density at radius 2 is 1.67 bits per heavy atom. The highest BCUT2D eigenvalue weighted by atomic mass is 16.5. The first-order chi connectivity index (χ1) is 16.0. The Bertz CT molecular complexity index is 1170. The van der Waals surface area contributed by atoms with Gasteiger partial charge in [-0.3, -0.25) is 14.4 Å². The van der Waals surface area contributed by atoms with Gasteiger partial charge in [0.15, 0.2) is 11.5 Å². The average Bonchev–Trinajstić information content (AvgIpc) is 2.84. The van der Waals surface area contributed by atoms with Crippen LogP contribution in [0, 0.1) is 0 Å². The first kappa shape index (κ1) is 23.6. The molecule has 0 saturated heterocycles. The highest BCUT2D eigenvalue weighted by molar-refractivity contribution is 5.94. The van der Waals surface area contributed by atoms with E-state index in [-0.39, 0.29) is 12.0 Å². The molecule has 1 heterocycles. The molecule has 0 aliphatic heterocycles. The number of nitrogens with one attached hydrogen (secondary N) is 1. The fourth-order valence-corrected chi connectivity index (χ4v) is 3.42. The van der Waals surface area contributed by atoms with Crippen LogP contribution in [-0.4, -0.2) is 37.8 Å². The summed E-state index contributed by atoms with van der Waals surface area (Å²) in [5, 5.41) is 2.79. The highest BCUT2D eigenvalue weighted by Crippen LogP contribution is 2.31. The van der Waals surface area contributed by atoms with Crippen molar-refractivity contribution in [3.8, 4) is 11.5 Å². The molecule has 0 radical (unpaired) electrons. The van der Waals surface area contributed by atoms with Crippen molar-refractivity contribution in [1.82, 2.24) is 9.88 Å². The van der Waals surface area contributed by atoms with Crippen LogP contribution >= 0.6 is 0 Å². The number of amides is 1. The van der Waals surface area contributed by atoms with Crippen molar-refractivity contribution in [2.75, 3.05) is 21.3 Å². The van der Waals surface area contributed by atoms with E-state index in [9.17, 15) is 14.4 Å². The number of pyridine rings is 1. The lowest BCUT2D eigenvalue weighted by atomic mass is 10.0. The molecule has 172 valence electrons. The molecule has 2 aromatic carbocycles. The predicted octanol–water partition coefficient (Wildman–Crippen LogP) is 2.95. The Balaban J connectivity index is 1.89. The van der Waals surface area contributed by atoms with Crippen LogP contribution in [0.1, 0.15) is 33.9 Å². The van der Waals surface area contributed by atoms with Gasteiger partial charge in [-0.05, 0) is 35.4 Å². The minimum Gasteiger partial charge on any atom is -0.493 e. The molecular formula is C25H26N2O6. The Kier molecular flexibility index (Phi) is 7.86. The van der Waals surface area contributed by atoms with E-state index in [1.807, 2.05) is 30.3 Å². The van der Waals surface area contributed by atoms with Gasteiger partial charge in [-0.15, -0.1) is 0 Å². The molecule has 0 aliphatic carbocycles. The average molecular weight is 450 g/mol. The topological polar surface area (TPSA) is 95.9 Å². The van der Waals surface area contributed by atoms with Crippen LogP contribution in [0.2, 0.25) is 0 Å². The summed E-state index contributed by atoms with van der Waals surface area (Å²) in [4.78, 5) is 38.1. The van der Waals surface area contributed by atoms with E-state index < -0.39 is 23.5 Å². The molecule has 1 atom stereocenters. The molecule has 8 heteroatoms. The fourth-order valence-electron chi connectivity index (χ4n) is 3.42. The van der Waals surface area contributed by atoms with Gasteiger partial charge in [0.05, 0.1) is 40.3 Å². The Morgan fingerprint density at radius 1 is 0.939 bits per heavy atom. The maximum Gasteiger partial charge on any atom is 0.307 e.